The van der Waals surface area contributed by atoms with Crippen molar-refractivity contribution in [1.29, 1.82) is 0 Å². The number of benzene rings is 1. The quantitative estimate of drug-likeness (QED) is 0.710. The normalized spacial score (nSPS) is 18.9. The Balaban J connectivity index is 2.11. The number of halogens is 1. The first-order chi connectivity index (χ1) is 9.32. The molecule has 1 aromatic carbocycles. The van der Waals surface area contributed by atoms with E-state index in [9.17, 15) is 13.5 Å². The lowest BCUT2D eigenvalue weighted by atomic mass is 9.95. The molecule has 0 saturated carbocycles. The van der Waals surface area contributed by atoms with Gasteiger partial charge in [-0.1, -0.05) is 11.6 Å². The van der Waals surface area contributed by atoms with Gasteiger partial charge in [-0.3, -0.25) is 0 Å². The van der Waals surface area contributed by atoms with Gasteiger partial charge in [0.2, 0.25) is 10.0 Å². The van der Waals surface area contributed by atoms with Crippen LogP contribution in [0.25, 0.3) is 0 Å². The topological polar surface area (TPSA) is 102 Å². The molecule has 6 nitrogen and oxygen atoms in total. The molecule has 1 fully saturated rings. The van der Waals surface area contributed by atoms with E-state index < -0.39 is 15.6 Å². The Labute approximate surface area is 122 Å². The summed E-state index contributed by atoms with van der Waals surface area (Å²) in [6, 6.07) is 4.17. The Morgan fingerprint density at radius 3 is 2.65 bits per heavy atom. The van der Waals surface area contributed by atoms with E-state index in [0.717, 1.165) is 0 Å². The second-order valence-corrected chi connectivity index (χ2v) is 7.02. The number of sulfonamides is 1. The van der Waals surface area contributed by atoms with Crippen molar-refractivity contribution in [3.05, 3.63) is 23.2 Å². The average molecular weight is 321 g/mol. The van der Waals surface area contributed by atoms with Crippen LogP contribution in [0.4, 0.5) is 5.69 Å². The minimum Gasteiger partial charge on any atom is -0.398 e. The SMILES string of the molecule is Nc1cc(Cl)ccc1S(=O)(=O)NCC1(O)CCOCC1. The molecule has 0 unspecified atom stereocenters. The highest BCUT2D eigenvalue weighted by molar-refractivity contribution is 7.89. The average Bonchev–Trinajstić information content (AvgIpc) is 2.37. The fourth-order valence-corrected chi connectivity index (χ4v) is 3.41. The molecule has 0 atom stereocenters. The van der Waals surface area contributed by atoms with Crippen LogP contribution in [0.3, 0.4) is 0 Å². The van der Waals surface area contributed by atoms with Crippen LogP contribution in [0.15, 0.2) is 23.1 Å². The van der Waals surface area contributed by atoms with Crippen molar-refractivity contribution >= 4 is 27.3 Å². The summed E-state index contributed by atoms with van der Waals surface area (Å²) in [4.78, 5) is -0.0439. The first-order valence-electron chi connectivity index (χ1n) is 6.17. The van der Waals surface area contributed by atoms with Gasteiger partial charge >= 0.3 is 0 Å². The Hall–Kier alpha value is -0.860. The van der Waals surface area contributed by atoms with Crippen molar-refractivity contribution in [3.63, 3.8) is 0 Å². The van der Waals surface area contributed by atoms with Crippen molar-refractivity contribution in [2.24, 2.45) is 0 Å². The predicted molar refractivity (Wildman–Crippen MR) is 76.1 cm³/mol. The fraction of sp³-hybridized carbons (Fsp3) is 0.500. The van der Waals surface area contributed by atoms with Gasteiger partial charge in [0.25, 0.3) is 0 Å². The lowest BCUT2D eigenvalue weighted by molar-refractivity contribution is -0.0588. The number of hydrogen-bond donors (Lipinski definition) is 3. The number of nitrogens with one attached hydrogen (secondary N) is 1. The molecular formula is C12H17ClN2O4S. The van der Waals surface area contributed by atoms with Crippen molar-refractivity contribution in [1.82, 2.24) is 4.72 Å². The van der Waals surface area contributed by atoms with Gasteiger partial charge in [-0.05, 0) is 18.2 Å². The van der Waals surface area contributed by atoms with E-state index in [1.807, 2.05) is 0 Å². The Morgan fingerprint density at radius 2 is 2.05 bits per heavy atom. The predicted octanol–water partition coefficient (Wildman–Crippen LogP) is 0.742. The van der Waals surface area contributed by atoms with Gasteiger partial charge in [0, 0.05) is 37.6 Å². The molecule has 0 aromatic heterocycles. The van der Waals surface area contributed by atoms with E-state index in [4.69, 9.17) is 22.1 Å². The zero-order valence-electron chi connectivity index (χ0n) is 10.8. The van der Waals surface area contributed by atoms with Gasteiger partial charge in [0.15, 0.2) is 0 Å². The standard InChI is InChI=1S/C12H17ClN2O4S/c13-9-1-2-11(10(14)7-9)20(17,18)15-8-12(16)3-5-19-6-4-12/h1-2,7,15-16H,3-6,8,14H2. The molecule has 2 rings (SSSR count). The molecule has 0 radical (unpaired) electrons. The first-order valence-corrected chi connectivity index (χ1v) is 8.03. The highest BCUT2D eigenvalue weighted by atomic mass is 35.5. The van der Waals surface area contributed by atoms with Gasteiger partial charge in [0.1, 0.15) is 4.90 Å². The monoisotopic (exact) mass is 320 g/mol. The fourth-order valence-electron chi connectivity index (χ4n) is 2.00. The highest BCUT2D eigenvalue weighted by Gasteiger charge is 2.31. The highest BCUT2D eigenvalue weighted by Crippen LogP contribution is 2.24. The second-order valence-electron chi connectivity index (χ2n) is 4.84. The van der Waals surface area contributed by atoms with Gasteiger partial charge in [-0.2, -0.15) is 0 Å². The minimum absolute atomic E-state index is 0.0439. The van der Waals surface area contributed by atoms with Gasteiger partial charge in [-0.25, -0.2) is 13.1 Å². The van der Waals surface area contributed by atoms with Gasteiger partial charge in [-0.15, -0.1) is 0 Å². The third-order valence-corrected chi connectivity index (χ3v) is 4.99. The van der Waals surface area contributed by atoms with E-state index in [-0.39, 0.29) is 17.1 Å². The summed E-state index contributed by atoms with van der Waals surface area (Å²) in [6.45, 7) is 0.767. The maximum absolute atomic E-state index is 12.2. The molecule has 0 amide bonds. The summed E-state index contributed by atoms with van der Waals surface area (Å²) in [5.41, 5.74) is 4.66. The van der Waals surface area contributed by atoms with Crippen LogP contribution in [0, 0.1) is 0 Å². The molecule has 112 valence electrons. The number of nitrogen functional groups attached to an aromatic ring is 1. The second kappa shape index (κ2) is 5.87. The van der Waals surface area contributed by atoms with Crippen LogP contribution in [0.5, 0.6) is 0 Å². The maximum Gasteiger partial charge on any atom is 0.242 e. The smallest absolute Gasteiger partial charge is 0.242 e. The van der Waals surface area contributed by atoms with E-state index in [1.54, 1.807) is 0 Å². The Kier molecular flexibility index (Phi) is 4.55. The summed E-state index contributed by atoms with van der Waals surface area (Å²) >= 11 is 5.74. The molecule has 1 aliphatic heterocycles. The van der Waals surface area contributed by atoms with Crippen LogP contribution < -0.4 is 10.5 Å². The molecule has 0 bridgehead atoms. The largest absolute Gasteiger partial charge is 0.398 e. The number of ether oxygens (including phenoxy) is 1. The summed E-state index contributed by atoms with van der Waals surface area (Å²) in [5, 5.41) is 10.6. The Bertz CT molecular complexity index is 585. The third-order valence-electron chi connectivity index (χ3n) is 3.28. The molecule has 0 aliphatic carbocycles. The van der Waals surface area contributed by atoms with Crippen molar-refractivity contribution in [2.45, 2.75) is 23.3 Å². The van der Waals surface area contributed by atoms with Gasteiger partial charge < -0.3 is 15.6 Å². The molecule has 1 aromatic rings. The van der Waals surface area contributed by atoms with E-state index in [2.05, 4.69) is 4.72 Å². The molecule has 1 aliphatic rings. The molecule has 4 N–H and O–H groups in total. The summed E-state index contributed by atoms with van der Waals surface area (Å²) in [5.74, 6) is 0. The van der Waals surface area contributed by atoms with E-state index in [1.165, 1.54) is 18.2 Å². The summed E-state index contributed by atoms with van der Waals surface area (Å²) in [7, 11) is -3.78. The minimum atomic E-state index is -3.78. The van der Waals surface area contributed by atoms with Crippen molar-refractivity contribution in [2.75, 3.05) is 25.5 Å². The molecule has 20 heavy (non-hydrogen) atoms. The lowest BCUT2D eigenvalue weighted by Crippen LogP contribution is -2.46. The number of aliphatic hydroxyl groups is 1. The van der Waals surface area contributed by atoms with Crippen LogP contribution >= 0.6 is 11.6 Å². The molecule has 0 spiro atoms. The van der Waals surface area contributed by atoms with Crippen LogP contribution in [0.2, 0.25) is 5.02 Å². The maximum atomic E-state index is 12.2. The lowest BCUT2D eigenvalue weighted by Gasteiger charge is -2.32. The van der Waals surface area contributed by atoms with Crippen molar-refractivity contribution < 1.29 is 18.3 Å². The zero-order valence-corrected chi connectivity index (χ0v) is 12.4. The first kappa shape index (κ1) is 15.5. The number of nitrogens with two attached hydrogens (primary N) is 1. The molecule has 1 saturated heterocycles. The van der Waals surface area contributed by atoms with Crippen LogP contribution in [-0.4, -0.2) is 38.9 Å². The van der Waals surface area contributed by atoms with Crippen LogP contribution in [-0.2, 0) is 14.8 Å². The molecule has 8 heteroatoms. The third kappa shape index (κ3) is 3.62. The zero-order chi connectivity index (χ0) is 14.8. The molecule has 1 heterocycles. The summed E-state index contributed by atoms with van der Waals surface area (Å²) < 4.78 is 31.9. The Morgan fingerprint density at radius 1 is 1.40 bits per heavy atom. The van der Waals surface area contributed by atoms with Gasteiger partial charge in [0.05, 0.1) is 11.3 Å². The number of rotatable bonds is 4. The number of anilines is 1. The van der Waals surface area contributed by atoms with Crippen molar-refractivity contribution in [3.8, 4) is 0 Å². The van der Waals surface area contributed by atoms with E-state index in [0.29, 0.717) is 31.1 Å². The summed E-state index contributed by atoms with van der Waals surface area (Å²) in [6.07, 6.45) is 0.789. The molecular weight excluding hydrogens is 304 g/mol. The number of hydrogen-bond acceptors (Lipinski definition) is 5. The van der Waals surface area contributed by atoms with E-state index >= 15 is 0 Å². The van der Waals surface area contributed by atoms with Crippen LogP contribution in [0.1, 0.15) is 12.8 Å².